The van der Waals surface area contributed by atoms with Gasteiger partial charge in [0.25, 0.3) is 0 Å². The molecule has 4 aromatic rings. The molecule has 0 aliphatic heterocycles. The van der Waals surface area contributed by atoms with Crippen LogP contribution in [0, 0.1) is 0 Å². The molecule has 2 N–H and O–H groups in total. The Morgan fingerprint density at radius 3 is 2.40 bits per heavy atom. The number of fused-ring (bicyclic) bond motifs is 1. The molecule has 1 aromatic heterocycles. The monoisotopic (exact) mass is 397 g/mol. The molecule has 4 heteroatoms. The van der Waals surface area contributed by atoms with E-state index in [1.165, 1.54) is 27.8 Å². The van der Waals surface area contributed by atoms with Crippen molar-refractivity contribution in [1.29, 1.82) is 0 Å². The van der Waals surface area contributed by atoms with Gasteiger partial charge in [0.1, 0.15) is 12.4 Å². The molecule has 4 rings (SSSR count). The zero-order valence-electron chi connectivity index (χ0n) is 17.5. The lowest BCUT2D eigenvalue weighted by molar-refractivity contribution is 0.318. The van der Waals surface area contributed by atoms with Crippen LogP contribution in [0.2, 0.25) is 0 Å². The van der Waals surface area contributed by atoms with Gasteiger partial charge in [-0.25, -0.2) is 0 Å². The molecule has 0 aliphatic carbocycles. The zero-order valence-corrected chi connectivity index (χ0v) is 17.5. The molecular weight excluding hydrogens is 370 g/mol. The molecule has 4 nitrogen and oxygen atoms in total. The Morgan fingerprint density at radius 2 is 1.67 bits per heavy atom. The minimum atomic E-state index is 0.655. The highest BCUT2D eigenvalue weighted by Crippen LogP contribution is 2.35. The molecule has 0 unspecified atom stereocenters. The maximum Gasteiger partial charge on any atom is 0.119 e. The molecule has 0 aliphatic rings. The van der Waals surface area contributed by atoms with E-state index in [0.717, 1.165) is 29.6 Å². The van der Waals surface area contributed by atoms with Gasteiger partial charge in [-0.3, -0.25) is 5.10 Å². The Hall–Kier alpha value is -3.37. The van der Waals surface area contributed by atoms with E-state index in [1.54, 1.807) is 0 Å². The third kappa shape index (κ3) is 4.29. The molecule has 0 saturated heterocycles. The number of aromatic amines is 1. The van der Waals surface area contributed by atoms with Crippen molar-refractivity contribution in [3.63, 3.8) is 0 Å². The smallest absolute Gasteiger partial charge is 0.119 e. The summed E-state index contributed by atoms with van der Waals surface area (Å²) in [6.45, 7) is 3.70. The summed E-state index contributed by atoms with van der Waals surface area (Å²) in [6.07, 6.45) is 2.81. The van der Waals surface area contributed by atoms with E-state index in [0.29, 0.717) is 6.61 Å². The lowest BCUT2D eigenvalue weighted by atomic mass is 9.88. The second-order valence-corrected chi connectivity index (χ2v) is 7.22. The highest BCUT2D eigenvalue weighted by Gasteiger charge is 2.14. The molecule has 152 valence electrons. The minimum Gasteiger partial charge on any atom is -0.492 e. The molecule has 0 saturated carbocycles. The number of hydrogen-bond donors (Lipinski definition) is 2. The average molecular weight is 398 g/mol. The second kappa shape index (κ2) is 9.42. The number of hydrogen-bond acceptors (Lipinski definition) is 3. The molecular formula is C26H27N3O. The number of nitrogens with zero attached hydrogens (tertiary/aromatic N) is 1. The molecule has 3 aromatic carbocycles. The van der Waals surface area contributed by atoms with Crippen molar-refractivity contribution >= 4 is 22.0 Å². The van der Waals surface area contributed by atoms with Crippen molar-refractivity contribution in [3.05, 3.63) is 95.7 Å². The predicted molar refractivity (Wildman–Crippen MR) is 125 cm³/mol. The summed E-state index contributed by atoms with van der Waals surface area (Å²) in [5, 5.41) is 11.4. The van der Waals surface area contributed by atoms with Crippen LogP contribution in [0.5, 0.6) is 5.75 Å². The number of ether oxygens (including phenoxy) is 1. The molecule has 1 heterocycles. The van der Waals surface area contributed by atoms with Crippen molar-refractivity contribution in [3.8, 4) is 5.75 Å². The first-order valence-corrected chi connectivity index (χ1v) is 10.4. The SMILES string of the molecule is CC/C(=C(\c1ccccc1)c1ccc(OCCNC)cc1)c1ccc2[nH]ncc2c1. The highest BCUT2D eigenvalue weighted by molar-refractivity contribution is 6.00. The topological polar surface area (TPSA) is 49.9 Å². The average Bonchev–Trinajstić information content (AvgIpc) is 3.27. The normalized spacial score (nSPS) is 12.1. The lowest BCUT2D eigenvalue weighted by Gasteiger charge is -2.17. The van der Waals surface area contributed by atoms with Crippen LogP contribution in [0.25, 0.3) is 22.0 Å². The summed E-state index contributed by atoms with van der Waals surface area (Å²) in [5.74, 6) is 0.888. The maximum absolute atomic E-state index is 5.81. The van der Waals surface area contributed by atoms with Gasteiger partial charge in [0.05, 0.1) is 11.7 Å². The molecule has 0 amide bonds. The fourth-order valence-corrected chi connectivity index (χ4v) is 3.76. The Kier molecular flexibility index (Phi) is 6.26. The fraction of sp³-hybridized carbons (Fsp3) is 0.192. The van der Waals surface area contributed by atoms with E-state index >= 15 is 0 Å². The van der Waals surface area contributed by atoms with Crippen LogP contribution in [0.3, 0.4) is 0 Å². The van der Waals surface area contributed by atoms with E-state index in [9.17, 15) is 0 Å². The molecule has 0 radical (unpaired) electrons. The summed E-state index contributed by atoms with van der Waals surface area (Å²) in [5.41, 5.74) is 7.24. The Labute approximate surface area is 177 Å². The van der Waals surface area contributed by atoms with Crippen molar-refractivity contribution in [2.45, 2.75) is 13.3 Å². The minimum absolute atomic E-state index is 0.655. The lowest BCUT2D eigenvalue weighted by Crippen LogP contribution is -2.15. The van der Waals surface area contributed by atoms with E-state index in [4.69, 9.17) is 4.74 Å². The van der Waals surface area contributed by atoms with Crippen molar-refractivity contribution < 1.29 is 4.74 Å². The summed E-state index contributed by atoms with van der Waals surface area (Å²) >= 11 is 0. The highest BCUT2D eigenvalue weighted by atomic mass is 16.5. The summed E-state index contributed by atoms with van der Waals surface area (Å²) in [7, 11) is 1.93. The van der Waals surface area contributed by atoms with Crippen LogP contribution in [-0.2, 0) is 0 Å². The van der Waals surface area contributed by atoms with Gasteiger partial charge in [-0.15, -0.1) is 0 Å². The van der Waals surface area contributed by atoms with Gasteiger partial charge in [0, 0.05) is 11.9 Å². The van der Waals surface area contributed by atoms with Crippen LogP contribution in [0.4, 0.5) is 0 Å². The largest absolute Gasteiger partial charge is 0.492 e. The predicted octanol–water partition coefficient (Wildman–Crippen LogP) is 5.53. The quantitative estimate of drug-likeness (QED) is 0.304. The first kappa shape index (κ1) is 19.9. The van der Waals surface area contributed by atoms with Gasteiger partial charge in [0.2, 0.25) is 0 Å². The van der Waals surface area contributed by atoms with Gasteiger partial charge in [-0.05, 0) is 65.6 Å². The third-order valence-electron chi connectivity index (χ3n) is 5.27. The molecule has 30 heavy (non-hydrogen) atoms. The number of allylic oxidation sites excluding steroid dienone is 1. The number of H-pyrrole nitrogens is 1. The van der Waals surface area contributed by atoms with Gasteiger partial charge >= 0.3 is 0 Å². The number of nitrogens with one attached hydrogen (secondary N) is 2. The zero-order chi connectivity index (χ0) is 20.8. The number of rotatable bonds is 8. The molecule has 0 spiro atoms. The molecule has 0 fully saturated rings. The van der Waals surface area contributed by atoms with Crippen LogP contribution in [-0.4, -0.2) is 30.4 Å². The number of likely N-dealkylation sites (N-methyl/N-ethyl adjacent to an activating group) is 1. The van der Waals surface area contributed by atoms with Crippen LogP contribution in [0.15, 0.2) is 79.0 Å². The first-order chi connectivity index (χ1) is 14.8. The Morgan fingerprint density at radius 1 is 0.933 bits per heavy atom. The van der Waals surface area contributed by atoms with E-state index in [2.05, 4.69) is 95.2 Å². The first-order valence-electron chi connectivity index (χ1n) is 10.4. The molecule has 0 bridgehead atoms. The Balaban J connectivity index is 1.80. The standard InChI is InChI=1S/C26H27N3O/c1-3-24(21-11-14-25-22(17-21)18-28-29-25)26(19-7-5-4-6-8-19)20-9-12-23(13-10-20)30-16-15-27-2/h4-14,17-18,27H,3,15-16H2,1-2H3,(H,28,29)/b26-24-. The van der Waals surface area contributed by atoms with Gasteiger partial charge in [-0.2, -0.15) is 5.10 Å². The van der Waals surface area contributed by atoms with Crippen LogP contribution < -0.4 is 10.1 Å². The van der Waals surface area contributed by atoms with Crippen molar-refractivity contribution in [2.24, 2.45) is 0 Å². The van der Waals surface area contributed by atoms with Gasteiger partial charge < -0.3 is 10.1 Å². The van der Waals surface area contributed by atoms with Gasteiger partial charge in [0.15, 0.2) is 0 Å². The second-order valence-electron chi connectivity index (χ2n) is 7.22. The third-order valence-corrected chi connectivity index (χ3v) is 5.27. The van der Waals surface area contributed by atoms with Crippen LogP contribution >= 0.6 is 0 Å². The van der Waals surface area contributed by atoms with E-state index in [-0.39, 0.29) is 0 Å². The number of aromatic nitrogens is 2. The van der Waals surface area contributed by atoms with E-state index < -0.39 is 0 Å². The van der Waals surface area contributed by atoms with Gasteiger partial charge in [-0.1, -0.05) is 55.5 Å². The van der Waals surface area contributed by atoms with E-state index in [1.807, 2.05) is 13.2 Å². The number of benzene rings is 3. The summed E-state index contributed by atoms with van der Waals surface area (Å²) in [6, 6.07) is 25.5. The summed E-state index contributed by atoms with van der Waals surface area (Å²) in [4.78, 5) is 0. The fourth-order valence-electron chi connectivity index (χ4n) is 3.76. The molecule has 0 atom stereocenters. The van der Waals surface area contributed by atoms with Crippen molar-refractivity contribution in [1.82, 2.24) is 15.5 Å². The summed E-state index contributed by atoms with van der Waals surface area (Å²) < 4.78 is 5.81. The maximum atomic E-state index is 5.81. The Bertz CT molecular complexity index is 1130. The van der Waals surface area contributed by atoms with Crippen molar-refractivity contribution in [2.75, 3.05) is 20.2 Å². The van der Waals surface area contributed by atoms with Crippen LogP contribution in [0.1, 0.15) is 30.0 Å².